The normalized spacial score (nSPS) is 13.6. The SMILES string of the molecule is O=C(Nc1ccc(Cl)cn1)c1ccccc1OCC(=O)N1CCCC1. The number of para-hydroxylation sites is 1. The molecule has 2 heterocycles. The molecule has 1 aromatic carbocycles. The van der Waals surface area contributed by atoms with E-state index >= 15 is 0 Å². The van der Waals surface area contributed by atoms with Crippen molar-refractivity contribution in [3.05, 3.63) is 53.2 Å². The van der Waals surface area contributed by atoms with E-state index in [1.807, 2.05) is 0 Å². The van der Waals surface area contributed by atoms with Crippen molar-refractivity contribution in [1.29, 1.82) is 0 Å². The lowest BCUT2D eigenvalue weighted by Crippen LogP contribution is -2.32. The molecule has 1 aliphatic heterocycles. The Hall–Kier alpha value is -2.60. The largest absolute Gasteiger partial charge is 0.483 e. The first-order valence-corrected chi connectivity index (χ1v) is 8.44. The van der Waals surface area contributed by atoms with Crippen molar-refractivity contribution in [2.24, 2.45) is 0 Å². The van der Waals surface area contributed by atoms with Crippen molar-refractivity contribution < 1.29 is 14.3 Å². The second-order valence-corrected chi connectivity index (χ2v) is 6.12. The number of hydrogen-bond acceptors (Lipinski definition) is 4. The molecule has 6 nitrogen and oxygen atoms in total. The van der Waals surface area contributed by atoms with Gasteiger partial charge < -0.3 is 15.0 Å². The Balaban J connectivity index is 1.66. The molecule has 2 amide bonds. The fraction of sp³-hybridized carbons (Fsp3) is 0.278. The summed E-state index contributed by atoms with van der Waals surface area (Å²) in [6.45, 7) is 1.46. The van der Waals surface area contributed by atoms with Crippen LogP contribution < -0.4 is 10.1 Å². The van der Waals surface area contributed by atoms with E-state index in [0.29, 0.717) is 22.2 Å². The van der Waals surface area contributed by atoms with Gasteiger partial charge in [-0.2, -0.15) is 0 Å². The lowest BCUT2D eigenvalue weighted by molar-refractivity contribution is -0.132. The standard InChI is InChI=1S/C18H18ClN3O3/c19-13-7-8-16(20-11-13)21-18(24)14-5-1-2-6-15(14)25-12-17(23)22-9-3-4-10-22/h1-2,5-8,11H,3-4,9-10,12H2,(H,20,21,24). The Morgan fingerprint density at radius 1 is 1.16 bits per heavy atom. The van der Waals surface area contributed by atoms with Crippen LogP contribution in [0.15, 0.2) is 42.6 Å². The molecule has 0 spiro atoms. The Morgan fingerprint density at radius 2 is 1.92 bits per heavy atom. The van der Waals surface area contributed by atoms with Crippen LogP contribution in [0.25, 0.3) is 0 Å². The number of nitrogens with zero attached hydrogens (tertiary/aromatic N) is 2. The molecule has 0 saturated carbocycles. The molecular formula is C18H18ClN3O3. The van der Waals surface area contributed by atoms with Gasteiger partial charge in [-0.05, 0) is 37.1 Å². The van der Waals surface area contributed by atoms with Crippen molar-refractivity contribution in [2.75, 3.05) is 25.0 Å². The number of aromatic nitrogens is 1. The summed E-state index contributed by atoms with van der Waals surface area (Å²) in [5.74, 6) is 0.324. The summed E-state index contributed by atoms with van der Waals surface area (Å²) >= 11 is 5.78. The number of anilines is 1. The molecule has 1 aliphatic rings. The van der Waals surface area contributed by atoms with E-state index in [-0.39, 0.29) is 18.4 Å². The predicted octanol–water partition coefficient (Wildman–Crippen LogP) is 2.99. The lowest BCUT2D eigenvalue weighted by atomic mass is 10.2. The van der Waals surface area contributed by atoms with Crippen LogP contribution in [0.3, 0.4) is 0 Å². The number of carbonyl (C=O) groups is 2. The maximum absolute atomic E-state index is 12.5. The third-order valence-electron chi connectivity index (χ3n) is 3.91. The number of hydrogen-bond donors (Lipinski definition) is 1. The van der Waals surface area contributed by atoms with Crippen LogP contribution in [0.2, 0.25) is 5.02 Å². The van der Waals surface area contributed by atoms with E-state index in [1.165, 1.54) is 6.20 Å². The zero-order valence-electron chi connectivity index (χ0n) is 13.6. The first kappa shape index (κ1) is 17.2. The smallest absolute Gasteiger partial charge is 0.260 e. The van der Waals surface area contributed by atoms with Crippen molar-refractivity contribution in [1.82, 2.24) is 9.88 Å². The number of halogens is 1. The molecule has 0 radical (unpaired) electrons. The topological polar surface area (TPSA) is 71.5 Å². The van der Waals surface area contributed by atoms with Gasteiger partial charge in [0.15, 0.2) is 6.61 Å². The molecule has 0 bridgehead atoms. The number of pyridine rings is 1. The van der Waals surface area contributed by atoms with Crippen molar-refractivity contribution in [2.45, 2.75) is 12.8 Å². The summed E-state index contributed by atoms with van der Waals surface area (Å²) in [4.78, 5) is 30.4. The Labute approximate surface area is 150 Å². The highest BCUT2D eigenvalue weighted by Gasteiger charge is 2.19. The molecule has 0 unspecified atom stereocenters. The van der Waals surface area contributed by atoms with Crippen molar-refractivity contribution in [3.8, 4) is 5.75 Å². The van der Waals surface area contributed by atoms with Crippen LogP contribution >= 0.6 is 11.6 Å². The van der Waals surface area contributed by atoms with E-state index in [0.717, 1.165) is 25.9 Å². The van der Waals surface area contributed by atoms with Crippen LogP contribution in [0.4, 0.5) is 5.82 Å². The van der Waals surface area contributed by atoms with E-state index in [1.54, 1.807) is 41.3 Å². The third-order valence-corrected chi connectivity index (χ3v) is 4.13. The predicted molar refractivity (Wildman–Crippen MR) is 95.0 cm³/mol. The molecule has 0 atom stereocenters. The molecule has 1 fully saturated rings. The van der Waals surface area contributed by atoms with Crippen molar-refractivity contribution in [3.63, 3.8) is 0 Å². The molecule has 25 heavy (non-hydrogen) atoms. The first-order chi connectivity index (χ1) is 12.1. The molecular weight excluding hydrogens is 342 g/mol. The fourth-order valence-electron chi connectivity index (χ4n) is 2.61. The second-order valence-electron chi connectivity index (χ2n) is 5.69. The lowest BCUT2D eigenvalue weighted by Gasteiger charge is -2.16. The van der Waals surface area contributed by atoms with Crippen LogP contribution in [-0.4, -0.2) is 41.4 Å². The summed E-state index contributed by atoms with van der Waals surface area (Å²) in [6.07, 6.45) is 3.51. The number of ether oxygens (including phenoxy) is 1. The molecule has 130 valence electrons. The van der Waals surface area contributed by atoms with Crippen LogP contribution in [0, 0.1) is 0 Å². The van der Waals surface area contributed by atoms with Crippen LogP contribution in [0.1, 0.15) is 23.2 Å². The maximum Gasteiger partial charge on any atom is 0.260 e. The van der Waals surface area contributed by atoms with E-state index < -0.39 is 0 Å². The second kappa shape index (κ2) is 7.98. The average molecular weight is 360 g/mol. The highest BCUT2D eigenvalue weighted by molar-refractivity contribution is 6.30. The van der Waals surface area contributed by atoms with Gasteiger partial charge in [-0.3, -0.25) is 9.59 Å². The molecule has 7 heteroatoms. The fourth-order valence-corrected chi connectivity index (χ4v) is 2.72. The molecule has 1 aromatic heterocycles. The molecule has 3 rings (SSSR count). The van der Waals surface area contributed by atoms with Gasteiger partial charge in [-0.15, -0.1) is 0 Å². The van der Waals surface area contributed by atoms with Gasteiger partial charge in [0.2, 0.25) is 0 Å². The quantitative estimate of drug-likeness (QED) is 0.890. The molecule has 1 N–H and O–H groups in total. The van der Waals surface area contributed by atoms with Gasteiger partial charge in [-0.1, -0.05) is 23.7 Å². The minimum Gasteiger partial charge on any atom is -0.483 e. The minimum atomic E-state index is -0.362. The number of likely N-dealkylation sites (tertiary alicyclic amines) is 1. The first-order valence-electron chi connectivity index (χ1n) is 8.06. The van der Waals surface area contributed by atoms with Gasteiger partial charge in [-0.25, -0.2) is 4.98 Å². The monoisotopic (exact) mass is 359 g/mol. The average Bonchev–Trinajstić information content (AvgIpc) is 3.16. The van der Waals surface area contributed by atoms with Gasteiger partial charge in [0, 0.05) is 19.3 Å². The number of nitrogens with one attached hydrogen (secondary N) is 1. The minimum absolute atomic E-state index is 0.0629. The van der Waals surface area contributed by atoms with Gasteiger partial charge >= 0.3 is 0 Å². The van der Waals surface area contributed by atoms with Gasteiger partial charge in [0.05, 0.1) is 10.6 Å². The summed E-state index contributed by atoms with van der Waals surface area (Å²) in [5, 5.41) is 3.17. The maximum atomic E-state index is 12.5. The number of carbonyl (C=O) groups excluding carboxylic acids is 2. The van der Waals surface area contributed by atoms with Crippen LogP contribution in [-0.2, 0) is 4.79 Å². The Bertz CT molecular complexity index is 758. The summed E-state index contributed by atoms with van der Waals surface area (Å²) in [5.41, 5.74) is 0.341. The number of benzene rings is 1. The zero-order chi connectivity index (χ0) is 17.6. The van der Waals surface area contributed by atoms with Gasteiger partial charge in [0.1, 0.15) is 11.6 Å². The highest BCUT2D eigenvalue weighted by atomic mass is 35.5. The van der Waals surface area contributed by atoms with Gasteiger partial charge in [0.25, 0.3) is 11.8 Å². The molecule has 1 saturated heterocycles. The molecule has 0 aliphatic carbocycles. The van der Waals surface area contributed by atoms with E-state index in [2.05, 4.69) is 10.3 Å². The number of amides is 2. The summed E-state index contributed by atoms with van der Waals surface area (Å²) in [6, 6.07) is 10.1. The van der Waals surface area contributed by atoms with E-state index in [9.17, 15) is 9.59 Å². The van der Waals surface area contributed by atoms with Crippen LogP contribution in [0.5, 0.6) is 5.75 Å². The Morgan fingerprint density at radius 3 is 2.64 bits per heavy atom. The molecule has 2 aromatic rings. The van der Waals surface area contributed by atoms with Crippen molar-refractivity contribution >= 4 is 29.2 Å². The Kier molecular flexibility index (Phi) is 5.50. The third kappa shape index (κ3) is 4.48. The summed E-state index contributed by atoms with van der Waals surface area (Å²) < 4.78 is 5.60. The van der Waals surface area contributed by atoms with E-state index in [4.69, 9.17) is 16.3 Å². The highest BCUT2D eigenvalue weighted by Crippen LogP contribution is 2.20. The zero-order valence-corrected chi connectivity index (χ0v) is 14.3. The summed E-state index contributed by atoms with van der Waals surface area (Å²) in [7, 11) is 0. The number of rotatable bonds is 5.